The number of ether oxygens (including phenoxy) is 4. The van der Waals surface area contributed by atoms with Gasteiger partial charge in [0, 0.05) is 25.0 Å². The van der Waals surface area contributed by atoms with Crippen LogP contribution in [0.2, 0.25) is 0 Å². The van der Waals surface area contributed by atoms with Crippen LogP contribution in [0.4, 0.5) is 0 Å². The zero-order valence-electron chi connectivity index (χ0n) is 29.0. The van der Waals surface area contributed by atoms with Gasteiger partial charge in [-0.15, -0.1) is 0 Å². The highest BCUT2D eigenvalue weighted by molar-refractivity contribution is 5.86. The molecule has 0 saturated carbocycles. The van der Waals surface area contributed by atoms with E-state index in [0.29, 0.717) is 39.3 Å². The fourth-order valence-corrected chi connectivity index (χ4v) is 6.68. The van der Waals surface area contributed by atoms with E-state index < -0.39 is 5.41 Å². The molecule has 0 N–H and O–H groups in total. The first-order chi connectivity index (χ1) is 24.0. The van der Waals surface area contributed by atoms with Crippen LogP contribution < -0.4 is 9.47 Å². The number of benzene rings is 4. The molecule has 4 aromatic carbocycles. The van der Waals surface area contributed by atoms with Crippen molar-refractivity contribution in [3.8, 4) is 22.6 Å². The number of rotatable bonds is 16. The van der Waals surface area contributed by atoms with Gasteiger partial charge in [0.2, 0.25) is 0 Å². The third-order valence-corrected chi connectivity index (χ3v) is 8.89. The molecule has 0 heterocycles. The standard InChI is InChI=1S/C43H46O6/c1-5-15-41(44)48-27-13-25-46-39-23-21-33(29-31(39)7-3)43(37-19-11-9-17-35(37)36-18-10-12-20-38(36)43)34-22-24-40(32(8-4)30-34)47-26-14-28-49-42(45)16-6-2/h5-6,9-12,15-24,29-30H,7-8,13-14,25-28H2,1-4H3. The summed E-state index contributed by atoms with van der Waals surface area (Å²) in [7, 11) is 0. The third kappa shape index (κ3) is 7.64. The van der Waals surface area contributed by atoms with Crippen molar-refractivity contribution in [1.29, 1.82) is 0 Å². The van der Waals surface area contributed by atoms with Crippen LogP contribution in [0.15, 0.2) is 109 Å². The van der Waals surface area contributed by atoms with Crippen molar-refractivity contribution in [1.82, 2.24) is 0 Å². The topological polar surface area (TPSA) is 71.1 Å². The Morgan fingerprint density at radius 2 is 1.02 bits per heavy atom. The molecule has 0 aliphatic heterocycles. The molecule has 5 rings (SSSR count). The minimum absolute atomic E-state index is 0.308. The van der Waals surface area contributed by atoms with Gasteiger partial charge in [-0.05, 0) is 83.3 Å². The van der Waals surface area contributed by atoms with Crippen molar-refractivity contribution in [2.45, 2.75) is 58.8 Å². The lowest BCUT2D eigenvalue weighted by atomic mass is 9.67. The van der Waals surface area contributed by atoms with E-state index in [9.17, 15) is 9.59 Å². The van der Waals surface area contributed by atoms with E-state index in [1.165, 1.54) is 45.5 Å². The van der Waals surface area contributed by atoms with Crippen LogP contribution in [0.1, 0.15) is 73.9 Å². The number of allylic oxidation sites excluding steroid dienone is 2. The molecular weight excluding hydrogens is 612 g/mol. The van der Waals surface area contributed by atoms with E-state index in [4.69, 9.17) is 18.9 Å². The highest BCUT2D eigenvalue weighted by Crippen LogP contribution is 2.56. The second kappa shape index (κ2) is 16.8. The van der Waals surface area contributed by atoms with Gasteiger partial charge < -0.3 is 18.9 Å². The van der Waals surface area contributed by atoms with E-state index >= 15 is 0 Å². The summed E-state index contributed by atoms with van der Waals surface area (Å²) in [6.07, 6.45) is 8.99. The van der Waals surface area contributed by atoms with Gasteiger partial charge in [0.05, 0.1) is 31.8 Å². The van der Waals surface area contributed by atoms with Crippen LogP contribution in [0.25, 0.3) is 11.1 Å². The zero-order valence-corrected chi connectivity index (χ0v) is 29.0. The lowest BCUT2D eigenvalue weighted by molar-refractivity contribution is -0.138. The van der Waals surface area contributed by atoms with Crippen LogP contribution in [0, 0.1) is 0 Å². The molecule has 0 atom stereocenters. The molecular formula is C43H46O6. The number of carbonyl (C=O) groups excluding carboxylic acids is 2. The predicted molar refractivity (Wildman–Crippen MR) is 194 cm³/mol. The fraction of sp³-hybridized carbons (Fsp3) is 0.302. The monoisotopic (exact) mass is 658 g/mol. The largest absolute Gasteiger partial charge is 0.493 e. The molecule has 6 heteroatoms. The third-order valence-electron chi connectivity index (χ3n) is 8.89. The van der Waals surface area contributed by atoms with E-state index in [1.807, 2.05) is 0 Å². The Bertz CT molecular complexity index is 1680. The van der Waals surface area contributed by atoms with Gasteiger partial charge in [0.15, 0.2) is 0 Å². The molecule has 1 aliphatic rings. The summed E-state index contributed by atoms with van der Waals surface area (Å²) in [5, 5.41) is 0. The second-order valence-electron chi connectivity index (χ2n) is 11.9. The Labute approximate surface area is 290 Å². The maximum absolute atomic E-state index is 11.7. The van der Waals surface area contributed by atoms with Crippen molar-refractivity contribution >= 4 is 11.9 Å². The van der Waals surface area contributed by atoms with Gasteiger partial charge >= 0.3 is 11.9 Å². The maximum atomic E-state index is 11.7. The summed E-state index contributed by atoms with van der Waals surface area (Å²) in [5.74, 6) is 1.01. The zero-order chi connectivity index (χ0) is 34.6. The molecule has 0 bridgehead atoms. The number of hydrogen-bond donors (Lipinski definition) is 0. The van der Waals surface area contributed by atoms with E-state index in [1.54, 1.807) is 26.0 Å². The van der Waals surface area contributed by atoms with Gasteiger partial charge in [-0.2, -0.15) is 0 Å². The Morgan fingerprint density at radius 3 is 1.43 bits per heavy atom. The lowest BCUT2D eigenvalue weighted by Gasteiger charge is -2.35. The Hall–Kier alpha value is -5.10. The molecule has 0 fully saturated rings. The summed E-state index contributed by atoms with van der Waals surface area (Å²) < 4.78 is 22.9. The molecule has 0 aromatic heterocycles. The van der Waals surface area contributed by atoms with Gasteiger partial charge in [0.25, 0.3) is 0 Å². The summed E-state index contributed by atoms with van der Waals surface area (Å²) in [6, 6.07) is 30.6. The van der Waals surface area contributed by atoms with Crippen LogP contribution in [-0.2, 0) is 37.3 Å². The first-order valence-electron chi connectivity index (χ1n) is 17.3. The normalized spacial score (nSPS) is 12.9. The lowest BCUT2D eigenvalue weighted by Crippen LogP contribution is -2.29. The molecule has 6 nitrogen and oxygen atoms in total. The average Bonchev–Trinajstić information content (AvgIpc) is 3.43. The van der Waals surface area contributed by atoms with Crippen molar-refractivity contribution < 1.29 is 28.5 Å². The maximum Gasteiger partial charge on any atom is 0.330 e. The summed E-state index contributed by atoms with van der Waals surface area (Å²) in [5.41, 5.74) is 8.98. The van der Waals surface area contributed by atoms with Crippen LogP contribution in [0.5, 0.6) is 11.5 Å². The summed E-state index contributed by atoms with van der Waals surface area (Å²) >= 11 is 0. The molecule has 254 valence electrons. The van der Waals surface area contributed by atoms with E-state index in [0.717, 1.165) is 35.5 Å². The van der Waals surface area contributed by atoms with Crippen LogP contribution in [0.3, 0.4) is 0 Å². The predicted octanol–water partition coefficient (Wildman–Crippen LogP) is 8.95. The Balaban J connectivity index is 1.49. The molecule has 0 spiro atoms. The second-order valence-corrected chi connectivity index (χ2v) is 11.9. The van der Waals surface area contributed by atoms with Crippen LogP contribution >= 0.6 is 0 Å². The number of fused-ring (bicyclic) bond motifs is 3. The molecule has 49 heavy (non-hydrogen) atoms. The summed E-state index contributed by atoms with van der Waals surface area (Å²) in [4.78, 5) is 23.3. The minimum Gasteiger partial charge on any atom is -0.493 e. The molecule has 0 unspecified atom stereocenters. The molecule has 0 radical (unpaired) electrons. The van der Waals surface area contributed by atoms with Gasteiger partial charge in [-0.25, -0.2) is 9.59 Å². The van der Waals surface area contributed by atoms with E-state index in [-0.39, 0.29) is 11.9 Å². The van der Waals surface area contributed by atoms with Crippen molar-refractivity contribution in [2.75, 3.05) is 26.4 Å². The highest BCUT2D eigenvalue weighted by atomic mass is 16.5. The number of hydrogen-bond acceptors (Lipinski definition) is 6. The summed E-state index contributed by atoms with van der Waals surface area (Å²) in [6.45, 7) is 9.40. The smallest absolute Gasteiger partial charge is 0.330 e. The quantitative estimate of drug-likeness (QED) is 0.0599. The van der Waals surface area contributed by atoms with Crippen molar-refractivity contribution in [3.63, 3.8) is 0 Å². The average molecular weight is 659 g/mol. The molecule has 4 aromatic rings. The highest BCUT2D eigenvalue weighted by Gasteiger charge is 2.46. The van der Waals surface area contributed by atoms with Gasteiger partial charge in [-0.1, -0.05) is 98.8 Å². The SMILES string of the molecule is CC=CC(=O)OCCCOc1ccc(C2(c3ccc(OCCCOC(=O)C=CC)c(CC)c3)c3ccccc3-c3ccccc32)cc1CC. The van der Waals surface area contributed by atoms with Crippen LogP contribution in [-0.4, -0.2) is 38.4 Å². The Kier molecular flexibility index (Phi) is 12.1. The fourth-order valence-electron chi connectivity index (χ4n) is 6.68. The molecule has 0 amide bonds. The first-order valence-corrected chi connectivity index (χ1v) is 17.3. The van der Waals surface area contributed by atoms with Gasteiger partial charge in [-0.3, -0.25) is 0 Å². The minimum atomic E-state index is -0.555. The number of aryl methyl sites for hydroxylation is 2. The number of carbonyl (C=O) groups is 2. The first kappa shape index (κ1) is 35.2. The molecule has 0 saturated heterocycles. The van der Waals surface area contributed by atoms with Crippen molar-refractivity contribution in [2.24, 2.45) is 0 Å². The number of esters is 2. The Morgan fingerprint density at radius 1 is 0.592 bits per heavy atom. The van der Waals surface area contributed by atoms with E-state index in [2.05, 4.69) is 98.8 Å². The molecule has 1 aliphatic carbocycles. The van der Waals surface area contributed by atoms with Crippen molar-refractivity contribution in [3.05, 3.63) is 143 Å². The van der Waals surface area contributed by atoms with Gasteiger partial charge in [0.1, 0.15) is 11.5 Å².